The number of pyridine rings is 1. The van der Waals surface area contributed by atoms with Gasteiger partial charge in [-0.05, 0) is 18.9 Å². The Morgan fingerprint density at radius 1 is 1.37 bits per heavy atom. The first-order valence-electron chi connectivity index (χ1n) is 6.11. The Balaban J connectivity index is 1.98. The molecule has 5 nitrogen and oxygen atoms in total. The highest BCUT2D eigenvalue weighted by atomic mass is 19.1. The van der Waals surface area contributed by atoms with Crippen LogP contribution in [0.2, 0.25) is 0 Å². The molecule has 0 atom stereocenters. The molecule has 0 spiro atoms. The molecular formula is C13H11FN4O. The predicted octanol–water partition coefficient (Wildman–Crippen LogP) is 2.61. The molecule has 2 aromatic rings. The van der Waals surface area contributed by atoms with Crippen LogP contribution in [0.1, 0.15) is 31.6 Å². The van der Waals surface area contributed by atoms with E-state index in [0.29, 0.717) is 11.5 Å². The van der Waals surface area contributed by atoms with Crippen molar-refractivity contribution in [1.82, 2.24) is 15.1 Å². The Kier molecular flexibility index (Phi) is 2.75. The van der Waals surface area contributed by atoms with Crippen molar-refractivity contribution in [1.29, 1.82) is 5.26 Å². The second kappa shape index (κ2) is 4.43. The summed E-state index contributed by atoms with van der Waals surface area (Å²) in [5.74, 6) is 0.0252. The van der Waals surface area contributed by atoms with E-state index >= 15 is 0 Å². The van der Waals surface area contributed by atoms with Crippen LogP contribution in [0.5, 0.6) is 0 Å². The molecule has 3 rings (SSSR count). The number of hydrogen-bond donors (Lipinski definition) is 0. The summed E-state index contributed by atoms with van der Waals surface area (Å²) >= 11 is 0. The Hall–Kier alpha value is -2.29. The molecule has 1 aliphatic rings. The van der Waals surface area contributed by atoms with Crippen LogP contribution in [0.3, 0.4) is 0 Å². The first-order valence-corrected chi connectivity index (χ1v) is 6.11. The van der Waals surface area contributed by atoms with Crippen LogP contribution in [0.4, 0.5) is 4.39 Å². The molecule has 0 unspecified atom stereocenters. The molecule has 1 saturated carbocycles. The molecule has 2 heterocycles. The van der Waals surface area contributed by atoms with Gasteiger partial charge in [-0.15, -0.1) is 0 Å². The third-order valence-corrected chi connectivity index (χ3v) is 3.49. The van der Waals surface area contributed by atoms with E-state index < -0.39 is 11.4 Å². The number of nitriles is 1. The molecule has 19 heavy (non-hydrogen) atoms. The third kappa shape index (κ3) is 1.97. The van der Waals surface area contributed by atoms with Gasteiger partial charge in [-0.1, -0.05) is 18.0 Å². The zero-order valence-corrected chi connectivity index (χ0v) is 10.1. The van der Waals surface area contributed by atoms with Gasteiger partial charge in [0.2, 0.25) is 17.7 Å². The molecule has 0 aliphatic heterocycles. The molecule has 0 saturated heterocycles. The summed E-state index contributed by atoms with van der Waals surface area (Å²) in [5.41, 5.74) is -0.176. The molecule has 0 amide bonds. The minimum Gasteiger partial charge on any atom is -0.337 e. The molecule has 0 aromatic carbocycles. The topological polar surface area (TPSA) is 75.6 Å². The first-order chi connectivity index (χ1) is 9.23. The zero-order chi connectivity index (χ0) is 13.3. The van der Waals surface area contributed by atoms with Crippen LogP contribution < -0.4 is 0 Å². The smallest absolute Gasteiger partial charge is 0.247 e. The van der Waals surface area contributed by atoms with Crippen LogP contribution >= 0.6 is 0 Å². The molecule has 0 N–H and O–H groups in total. The summed E-state index contributed by atoms with van der Waals surface area (Å²) < 4.78 is 18.3. The van der Waals surface area contributed by atoms with Crippen molar-refractivity contribution >= 4 is 0 Å². The van der Waals surface area contributed by atoms with Crippen LogP contribution in [0.15, 0.2) is 22.9 Å². The quantitative estimate of drug-likeness (QED) is 0.774. The van der Waals surface area contributed by atoms with E-state index in [2.05, 4.69) is 21.2 Å². The lowest BCUT2D eigenvalue weighted by Crippen LogP contribution is -2.19. The Morgan fingerprint density at radius 3 is 2.84 bits per heavy atom. The maximum absolute atomic E-state index is 13.1. The fourth-order valence-electron chi connectivity index (χ4n) is 2.43. The summed E-state index contributed by atoms with van der Waals surface area (Å²) in [4.78, 5) is 7.73. The van der Waals surface area contributed by atoms with Gasteiger partial charge in [0.1, 0.15) is 5.41 Å². The highest BCUT2D eigenvalue weighted by Crippen LogP contribution is 2.40. The van der Waals surface area contributed by atoms with E-state index in [4.69, 9.17) is 4.52 Å². The average molecular weight is 258 g/mol. The van der Waals surface area contributed by atoms with E-state index in [1.807, 2.05) is 0 Å². The van der Waals surface area contributed by atoms with Crippen molar-refractivity contribution in [2.75, 3.05) is 0 Å². The fraction of sp³-hybridized carbons (Fsp3) is 0.385. The number of nitrogens with zero attached hydrogens (tertiary/aromatic N) is 4. The second-order valence-electron chi connectivity index (χ2n) is 4.69. The van der Waals surface area contributed by atoms with Crippen molar-refractivity contribution in [3.8, 4) is 17.5 Å². The molecule has 0 bridgehead atoms. The molecule has 1 aliphatic carbocycles. The Morgan fingerprint density at radius 2 is 2.16 bits per heavy atom. The van der Waals surface area contributed by atoms with Gasteiger partial charge in [0.25, 0.3) is 0 Å². The van der Waals surface area contributed by atoms with E-state index in [-0.39, 0.29) is 5.82 Å². The summed E-state index contributed by atoms with van der Waals surface area (Å²) in [6.07, 6.45) is 4.77. The van der Waals surface area contributed by atoms with E-state index in [0.717, 1.165) is 25.7 Å². The van der Waals surface area contributed by atoms with E-state index in [1.165, 1.54) is 12.3 Å². The highest BCUT2D eigenvalue weighted by molar-refractivity contribution is 5.53. The fourth-order valence-corrected chi connectivity index (χ4v) is 2.43. The lowest BCUT2D eigenvalue weighted by molar-refractivity contribution is 0.321. The van der Waals surface area contributed by atoms with Crippen LogP contribution in [0.25, 0.3) is 11.4 Å². The van der Waals surface area contributed by atoms with Crippen molar-refractivity contribution < 1.29 is 8.91 Å². The summed E-state index contributed by atoms with van der Waals surface area (Å²) in [7, 11) is 0. The monoisotopic (exact) mass is 258 g/mol. The van der Waals surface area contributed by atoms with Crippen LogP contribution in [0, 0.1) is 17.3 Å². The second-order valence-corrected chi connectivity index (χ2v) is 4.69. The van der Waals surface area contributed by atoms with E-state index in [9.17, 15) is 9.65 Å². The molecule has 1 fully saturated rings. The lowest BCUT2D eigenvalue weighted by atomic mass is 9.88. The number of rotatable bonds is 2. The van der Waals surface area contributed by atoms with Gasteiger partial charge in [0.05, 0.1) is 6.07 Å². The SMILES string of the molecule is N#CC1(c2nc(-c3ccnc(F)c3)no2)CCCC1. The van der Waals surface area contributed by atoms with Gasteiger partial charge in [-0.2, -0.15) is 14.6 Å². The maximum Gasteiger partial charge on any atom is 0.247 e. The molecule has 6 heteroatoms. The Labute approximate surface area is 109 Å². The molecule has 0 radical (unpaired) electrons. The minimum atomic E-state index is -0.670. The van der Waals surface area contributed by atoms with Gasteiger partial charge in [-0.25, -0.2) is 4.98 Å². The van der Waals surface area contributed by atoms with Gasteiger partial charge < -0.3 is 4.52 Å². The van der Waals surface area contributed by atoms with Gasteiger partial charge >= 0.3 is 0 Å². The number of halogens is 1. The van der Waals surface area contributed by atoms with E-state index in [1.54, 1.807) is 6.07 Å². The van der Waals surface area contributed by atoms with Gasteiger partial charge in [-0.3, -0.25) is 0 Å². The molecular weight excluding hydrogens is 247 g/mol. The Bertz CT molecular complexity index is 640. The lowest BCUT2D eigenvalue weighted by Gasteiger charge is -2.13. The molecule has 96 valence electrons. The van der Waals surface area contributed by atoms with Crippen molar-refractivity contribution in [2.45, 2.75) is 31.1 Å². The van der Waals surface area contributed by atoms with Crippen LogP contribution in [-0.2, 0) is 5.41 Å². The maximum atomic E-state index is 13.1. The third-order valence-electron chi connectivity index (χ3n) is 3.49. The largest absolute Gasteiger partial charge is 0.337 e. The first kappa shape index (κ1) is 11.8. The predicted molar refractivity (Wildman–Crippen MR) is 63.2 cm³/mol. The standard InChI is InChI=1S/C13H11FN4O/c14-10-7-9(3-6-16-10)11-17-12(19-18-11)13(8-15)4-1-2-5-13/h3,6-7H,1-2,4-5H2. The zero-order valence-electron chi connectivity index (χ0n) is 10.1. The summed E-state index contributed by atoms with van der Waals surface area (Å²) in [5, 5.41) is 13.2. The van der Waals surface area contributed by atoms with Crippen molar-refractivity contribution in [3.05, 3.63) is 30.2 Å². The number of hydrogen-bond acceptors (Lipinski definition) is 5. The molecule has 2 aromatic heterocycles. The van der Waals surface area contributed by atoms with Gasteiger partial charge in [0.15, 0.2) is 0 Å². The number of aromatic nitrogens is 3. The highest BCUT2D eigenvalue weighted by Gasteiger charge is 2.41. The normalized spacial score (nSPS) is 17.3. The summed E-state index contributed by atoms with van der Waals surface area (Å²) in [6, 6.07) is 5.13. The summed E-state index contributed by atoms with van der Waals surface area (Å²) in [6.45, 7) is 0. The van der Waals surface area contributed by atoms with Crippen LogP contribution in [-0.4, -0.2) is 15.1 Å². The van der Waals surface area contributed by atoms with Crippen molar-refractivity contribution in [2.24, 2.45) is 0 Å². The average Bonchev–Trinajstić information content (AvgIpc) is 3.08. The van der Waals surface area contributed by atoms with Gasteiger partial charge in [0, 0.05) is 17.8 Å². The minimum absolute atomic E-state index is 0.290. The van der Waals surface area contributed by atoms with Crippen molar-refractivity contribution in [3.63, 3.8) is 0 Å².